The van der Waals surface area contributed by atoms with Crippen LogP contribution in [0.25, 0.3) is 22.3 Å². The average molecular weight is 727 g/mol. The zero-order valence-electron chi connectivity index (χ0n) is 26.6. The lowest BCUT2D eigenvalue weighted by molar-refractivity contribution is -0.323. The first kappa shape index (κ1) is 37.1. The Morgan fingerprint density at radius 3 is 1.96 bits per heavy atom. The highest BCUT2D eigenvalue weighted by molar-refractivity contribution is 5.88. The maximum Gasteiger partial charge on any atom is 0.239 e. The third kappa shape index (κ3) is 6.97. The zero-order valence-corrected chi connectivity index (χ0v) is 26.6. The largest absolute Gasteiger partial charge is 0.508 e. The van der Waals surface area contributed by atoms with Gasteiger partial charge in [-0.15, -0.1) is 0 Å². The van der Waals surface area contributed by atoms with Gasteiger partial charge in [-0.3, -0.25) is 4.79 Å². The van der Waals surface area contributed by atoms with E-state index in [1.54, 1.807) is 0 Å². The van der Waals surface area contributed by atoms with Gasteiger partial charge in [-0.2, -0.15) is 0 Å². The minimum Gasteiger partial charge on any atom is -0.508 e. The van der Waals surface area contributed by atoms with E-state index in [0.717, 1.165) is 6.07 Å². The van der Waals surface area contributed by atoms with Crippen LogP contribution >= 0.6 is 0 Å². The van der Waals surface area contributed by atoms with E-state index >= 15 is 0 Å². The van der Waals surface area contributed by atoms with E-state index in [1.165, 1.54) is 37.3 Å². The molecule has 14 unspecified atom stereocenters. The molecule has 4 heterocycles. The summed E-state index contributed by atoms with van der Waals surface area (Å²) in [5.74, 6) is -1.96. The molecule has 280 valence electrons. The van der Waals surface area contributed by atoms with Crippen molar-refractivity contribution in [1.29, 1.82) is 0 Å². The molecule has 1 aromatic heterocycles. The van der Waals surface area contributed by atoms with Crippen molar-refractivity contribution in [3.63, 3.8) is 0 Å². The summed E-state index contributed by atoms with van der Waals surface area (Å²) in [4.78, 5) is 14.1. The Morgan fingerprint density at radius 1 is 0.686 bits per heavy atom. The number of aromatic hydroxyl groups is 2. The number of rotatable bonds is 9. The van der Waals surface area contributed by atoms with E-state index in [-0.39, 0.29) is 28.4 Å². The molecule has 0 spiro atoms. The first-order valence-corrected chi connectivity index (χ1v) is 15.8. The number of ether oxygens (including phenoxy) is 6. The summed E-state index contributed by atoms with van der Waals surface area (Å²) in [5.41, 5.74) is -1.13. The molecule has 0 bridgehead atoms. The third-order valence-corrected chi connectivity index (χ3v) is 8.94. The molecule has 0 radical (unpaired) electrons. The van der Waals surface area contributed by atoms with Gasteiger partial charge in [0.25, 0.3) is 0 Å². The fraction of sp³-hybridized carbons (Fsp3) is 0.531. The summed E-state index contributed by atoms with van der Waals surface area (Å²) in [7, 11) is 0. The van der Waals surface area contributed by atoms with Crippen molar-refractivity contribution >= 4 is 11.0 Å². The second-order valence-electron chi connectivity index (χ2n) is 12.4. The van der Waals surface area contributed by atoms with E-state index in [1.807, 2.05) is 0 Å². The minimum atomic E-state index is -1.90. The molecule has 51 heavy (non-hydrogen) atoms. The molecule has 2 aromatic carbocycles. The average Bonchev–Trinajstić information content (AvgIpc) is 3.40. The Balaban J connectivity index is 1.38. The first-order valence-electron chi connectivity index (χ1n) is 15.8. The summed E-state index contributed by atoms with van der Waals surface area (Å²) in [6.45, 7) is -0.116. The van der Waals surface area contributed by atoms with Crippen molar-refractivity contribution < 1.29 is 89.0 Å². The lowest BCUT2D eigenvalue weighted by Gasteiger charge is -2.41. The van der Waals surface area contributed by atoms with E-state index in [4.69, 9.17) is 32.8 Å². The molecule has 3 saturated heterocycles. The van der Waals surface area contributed by atoms with Gasteiger partial charge < -0.3 is 89.0 Å². The first-order chi connectivity index (χ1) is 24.2. The molecule has 11 N–H and O–H groups in total. The Bertz CT molecular complexity index is 1730. The van der Waals surface area contributed by atoms with Gasteiger partial charge in [0.05, 0.1) is 19.3 Å². The quantitative estimate of drug-likeness (QED) is 0.103. The molecule has 3 aliphatic heterocycles. The van der Waals surface area contributed by atoms with Crippen LogP contribution in [-0.2, 0) is 18.9 Å². The van der Waals surface area contributed by atoms with Gasteiger partial charge >= 0.3 is 0 Å². The number of benzene rings is 2. The second kappa shape index (κ2) is 14.8. The highest BCUT2D eigenvalue weighted by Crippen LogP contribution is 2.39. The van der Waals surface area contributed by atoms with Crippen molar-refractivity contribution in [2.24, 2.45) is 0 Å². The predicted octanol–water partition coefficient (Wildman–Crippen LogP) is -3.28. The van der Waals surface area contributed by atoms with Crippen molar-refractivity contribution in [3.8, 4) is 34.3 Å². The Hall–Kier alpha value is -3.67. The van der Waals surface area contributed by atoms with Crippen LogP contribution in [0.3, 0.4) is 0 Å². The predicted molar refractivity (Wildman–Crippen MR) is 165 cm³/mol. The number of phenols is 2. The molecule has 0 saturated carbocycles. The molecular formula is C32H38O19. The standard InChI is InChI=1S/C32H38O19/c1-10-19(37)23(41)25(43)30(45-10)46-13-6-14(36)18-15(7-13)47-27(11-2-4-12(35)5-3-11)28(22(18)40)50-32-29(21(39)17(9-34)49-32)51-31-26(44)24(42)20(38)16(8-33)48-31/h2-7,10,16-17,19-21,23-26,29-39,41-44H,8-9H2,1H3. The van der Waals surface area contributed by atoms with Crippen LogP contribution in [-0.4, -0.2) is 155 Å². The molecule has 19 heteroatoms. The van der Waals surface area contributed by atoms with Gasteiger partial charge in [-0.25, -0.2) is 0 Å². The molecule has 19 nitrogen and oxygen atoms in total. The van der Waals surface area contributed by atoms with E-state index in [9.17, 15) is 61.0 Å². The van der Waals surface area contributed by atoms with Crippen LogP contribution in [0.1, 0.15) is 6.92 Å². The van der Waals surface area contributed by atoms with Crippen molar-refractivity contribution in [2.45, 2.75) is 92.9 Å². The number of aliphatic hydroxyl groups excluding tert-OH is 9. The summed E-state index contributed by atoms with van der Waals surface area (Å²) in [5, 5.41) is 112. The van der Waals surface area contributed by atoms with Crippen molar-refractivity contribution in [1.82, 2.24) is 0 Å². The van der Waals surface area contributed by atoms with Gasteiger partial charge in [-0.1, -0.05) is 0 Å². The highest BCUT2D eigenvalue weighted by atomic mass is 16.8. The molecule has 3 aliphatic rings. The van der Waals surface area contributed by atoms with E-state index in [0.29, 0.717) is 0 Å². The van der Waals surface area contributed by atoms with Crippen LogP contribution in [0.15, 0.2) is 45.6 Å². The van der Waals surface area contributed by atoms with E-state index < -0.39 is 122 Å². The Labute approximate surface area is 287 Å². The fourth-order valence-electron chi connectivity index (χ4n) is 6.02. The molecule has 6 rings (SSSR count). The molecule has 3 fully saturated rings. The van der Waals surface area contributed by atoms with Gasteiger partial charge in [0, 0.05) is 17.7 Å². The maximum atomic E-state index is 14.1. The highest BCUT2D eigenvalue weighted by Gasteiger charge is 2.52. The number of hydrogen-bond donors (Lipinski definition) is 11. The monoisotopic (exact) mass is 726 g/mol. The van der Waals surface area contributed by atoms with Gasteiger partial charge in [0.15, 0.2) is 18.2 Å². The van der Waals surface area contributed by atoms with Gasteiger partial charge in [-0.05, 0) is 31.2 Å². The smallest absolute Gasteiger partial charge is 0.239 e. The summed E-state index contributed by atoms with van der Waals surface area (Å²) in [6, 6.07) is 7.41. The topological polar surface area (TPSA) is 308 Å². The molecule has 3 aromatic rings. The number of phenolic OH excluding ortho intramolecular Hbond substituents is 2. The number of fused-ring (bicyclic) bond motifs is 1. The number of hydrogen-bond acceptors (Lipinski definition) is 19. The molecule has 0 amide bonds. The summed E-state index contributed by atoms with van der Waals surface area (Å²) in [6.07, 6.45) is -22.3. The lowest BCUT2D eigenvalue weighted by atomic mass is 9.99. The third-order valence-electron chi connectivity index (χ3n) is 8.94. The van der Waals surface area contributed by atoms with Gasteiger partial charge in [0.2, 0.25) is 23.8 Å². The van der Waals surface area contributed by atoms with Crippen LogP contribution in [0.4, 0.5) is 0 Å². The van der Waals surface area contributed by atoms with Crippen LogP contribution in [0.2, 0.25) is 0 Å². The second-order valence-corrected chi connectivity index (χ2v) is 12.4. The fourth-order valence-corrected chi connectivity index (χ4v) is 6.02. The van der Waals surface area contributed by atoms with Gasteiger partial charge in [0.1, 0.15) is 83.2 Å². The molecule has 14 atom stereocenters. The maximum absolute atomic E-state index is 14.1. The Kier molecular flexibility index (Phi) is 10.7. The molecular weight excluding hydrogens is 688 g/mol. The minimum absolute atomic E-state index is 0.147. The SMILES string of the molecule is CC1OC(Oc2cc(O)c3c(=O)c(OC4OC(CO)C(O)C4OC4OC(CO)C(O)C(O)C4O)c(-c4ccc(O)cc4)oc3c2)C(O)C(O)C1O. The van der Waals surface area contributed by atoms with Crippen LogP contribution in [0, 0.1) is 0 Å². The van der Waals surface area contributed by atoms with Crippen LogP contribution < -0.4 is 14.9 Å². The van der Waals surface area contributed by atoms with Crippen LogP contribution in [0.5, 0.6) is 23.0 Å². The van der Waals surface area contributed by atoms with E-state index in [2.05, 4.69) is 0 Å². The Morgan fingerprint density at radius 2 is 1.29 bits per heavy atom. The zero-order chi connectivity index (χ0) is 36.9. The molecule has 0 aliphatic carbocycles. The lowest BCUT2D eigenvalue weighted by Crippen LogP contribution is -2.60. The summed E-state index contributed by atoms with van der Waals surface area (Å²) >= 11 is 0. The van der Waals surface area contributed by atoms with Crippen molar-refractivity contribution in [2.75, 3.05) is 13.2 Å². The number of aliphatic hydroxyl groups is 9. The summed E-state index contributed by atoms with van der Waals surface area (Å²) < 4.78 is 39.8. The van der Waals surface area contributed by atoms with Crippen molar-refractivity contribution in [3.05, 3.63) is 46.6 Å². The normalized spacial score (nSPS) is 37.1.